The van der Waals surface area contributed by atoms with E-state index in [1.165, 1.54) is 0 Å². The second kappa shape index (κ2) is 9.23. The molecule has 0 heterocycles. The highest BCUT2D eigenvalue weighted by molar-refractivity contribution is 5.97. The first-order valence-electron chi connectivity index (χ1n) is 8.79. The Morgan fingerprint density at radius 3 is 2.32 bits per heavy atom. The molecule has 0 aromatic heterocycles. The second-order valence-corrected chi connectivity index (χ2v) is 6.19. The average Bonchev–Trinajstić information content (AvgIpc) is 2.66. The van der Waals surface area contributed by atoms with Gasteiger partial charge in [0.05, 0.1) is 0 Å². The Hall–Kier alpha value is -2.33. The average molecular weight is 341 g/mol. The molecule has 134 valence electrons. The fourth-order valence-corrected chi connectivity index (χ4v) is 2.29. The van der Waals surface area contributed by atoms with Crippen molar-refractivity contribution in [1.29, 1.82) is 0 Å². The maximum absolute atomic E-state index is 12.5. The Morgan fingerprint density at radius 1 is 1.04 bits per heavy atom. The van der Waals surface area contributed by atoms with Gasteiger partial charge in [0.1, 0.15) is 18.0 Å². The summed E-state index contributed by atoms with van der Waals surface area (Å²) in [5, 5.41) is 2.92. The zero-order valence-electron chi connectivity index (χ0n) is 15.2. The first-order chi connectivity index (χ1) is 12.1. The van der Waals surface area contributed by atoms with Gasteiger partial charge in [0.15, 0.2) is 0 Å². The van der Waals surface area contributed by atoms with Gasteiger partial charge in [-0.3, -0.25) is 4.79 Å². The van der Waals surface area contributed by atoms with Gasteiger partial charge < -0.3 is 14.8 Å². The maximum Gasteiger partial charge on any atom is 0.256 e. The summed E-state index contributed by atoms with van der Waals surface area (Å²) in [6, 6.07) is 17.4. The number of amides is 1. The summed E-state index contributed by atoms with van der Waals surface area (Å²) in [5.74, 6) is 0.642. The fourth-order valence-electron chi connectivity index (χ4n) is 2.29. The Labute approximate surface area is 150 Å². The lowest BCUT2D eigenvalue weighted by Crippen LogP contribution is -2.42. The summed E-state index contributed by atoms with van der Waals surface area (Å²) >= 11 is 0. The highest BCUT2D eigenvalue weighted by Crippen LogP contribution is 2.21. The number of carbonyl (C=O) groups is 1. The molecule has 1 atom stereocenters. The van der Waals surface area contributed by atoms with Gasteiger partial charge in [-0.05, 0) is 49.6 Å². The summed E-state index contributed by atoms with van der Waals surface area (Å²) in [7, 11) is 0. The van der Waals surface area contributed by atoms with Crippen molar-refractivity contribution in [3.63, 3.8) is 0 Å². The second-order valence-electron chi connectivity index (χ2n) is 6.19. The zero-order chi connectivity index (χ0) is 18.1. The molecule has 0 aliphatic carbocycles. The molecule has 0 fully saturated rings. The van der Waals surface area contributed by atoms with Crippen LogP contribution >= 0.6 is 0 Å². The molecule has 0 saturated carbocycles. The van der Waals surface area contributed by atoms with Gasteiger partial charge in [-0.25, -0.2) is 0 Å². The van der Waals surface area contributed by atoms with Crippen LogP contribution in [0.1, 0.15) is 39.2 Å². The van der Waals surface area contributed by atoms with Gasteiger partial charge in [0.25, 0.3) is 5.91 Å². The molecule has 1 unspecified atom stereocenters. The van der Waals surface area contributed by atoms with Crippen molar-refractivity contribution in [2.45, 2.75) is 45.8 Å². The smallest absolute Gasteiger partial charge is 0.256 e. The lowest BCUT2D eigenvalue weighted by molar-refractivity contribution is -0.139. The number of carbonyl (C=O) groups excluding carboxylic acids is 1. The van der Waals surface area contributed by atoms with Crippen molar-refractivity contribution in [2.75, 3.05) is 11.9 Å². The van der Waals surface area contributed by atoms with Gasteiger partial charge in [-0.2, -0.15) is 0 Å². The number of anilines is 1. The lowest BCUT2D eigenvalue weighted by Gasteiger charge is -2.27. The predicted molar refractivity (Wildman–Crippen MR) is 101 cm³/mol. The van der Waals surface area contributed by atoms with Crippen LogP contribution in [0.5, 0.6) is 5.75 Å². The summed E-state index contributed by atoms with van der Waals surface area (Å²) in [6.45, 7) is 6.91. The number of hydrogen-bond acceptors (Lipinski definition) is 3. The van der Waals surface area contributed by atoms with E-state index in [-0.39, 0.29) is 5.91 Å². The normalized spacial score (nSPS) is 13.1. The third-order valence-electron chi connectivity index (χ3n) is 4.14. The van der Waals surface area contributed by atoms with E-state index < -0.39 is 5.60 Å². The number of ether oxygens (including phenoxy) is 2. The topological polar surface area (TPSA) is 47.6 Å². The fraction of sp³-hybridized carbons (Fsp3) is 0.381. The van der Waals surface area contributed by atoms with Gasteiger partial charge in [0.2, 0.25) is 0 Å². The molecular formula is C21H27NO3. The minimum absolute atomic E-state index is 0.124. The number of hydrogen-bond donors (Lipinski definition) is 1. The molecule has 1 N–H and O–H groups in total. The van der Waals surface area contributed by atoms with E-state index in [4.69, 9.17) is 9.47 Å². The molecule has 25 heavy (non-hydrogen) atoms. The molecule has 2 rings (SSSR count). The molecule has 2 aromatic rings. The molecule has 4 heteroatoms. The molecule has 0 saturated heterocycles. The first kappa shape index (κ1) is 19.0. The Kier molecular flexibility index (Phi) is 7.02. The molecule has 0 aliphatic rings. The number of rotatable bonds is 9. The Bertz CT molecular complexity index is 655. The molecular weight excluding hydrogens is 314 g/mol. The van der Waals surface area contributed by atoms with E-state index in [9.17, 15) is 4.79 Å². The molecule has 1 amide bonds. The maximum atomic E-state index is 12.5. The third kappa shape index (κ3) is 5.61. The minimum atomic E-state index is -0.807. The van der Waals surface area contributed by atoms with Crippen LogP contribution in [-0.2, 0) is 16.1 Å². The van der Waals surface area contributed by atoms with Crippen LogP contribution in [0.3, 0.4) is 0 Å². The van der Waals surface area contributed by atoms with Crippen LogP contribution in [0, 0.1) is 0 Å². The van der Waals surface area contributed by atoms with Crippen molar-refractivity contribution >= 4 is 11.6 Å². The molecule has 0 radical (unpaired) electrons. The van der Waals surface area contributed by atoms with Crippen molar-refractivity contribution < 1.29 is 14.3 Å². The minimum Gasteiger partial charge on any atom is -0.489 e. The van der Waals surface area contributed by atoms with Crippen LogP contribution in [0.15, 0.2) is 54.6 Å². The van der Waals surface area contributed by atoms with E-state index in [2.05, 4.69) is 5.32 Å². The predicted octanol–water partition coefficient (Wildman–Crippen LogP) is 4.80. The monoisotopic (exact) mass is 341 g/mol. The quantitative estimate of drug-likeness (QED) is 0.713. The van der Waals surface area contributed by atoms with Gasteiger partial charge >= 0.3 is 0 Å². The van der Waals surface area contributed by atoms with E-state index in [0.717, 1.165) is 23.4 Å². The third-order valence-corrected chi connectivity index (χ3v) is 4.14. The van der Waals surface area contributed by atoms with Crippen LogP contribution in [-0.4, -0.2) is 18.1 Å². The largest absolute Gasteiger partial charge is 0.489 e. The van der Waals surface area contributed by atoms with E-state index in [0.29, 0.717) is 19.6 Å². The summed E-state index contributed by atoms with van der Waals surface area (Å²) < 4.78 is 11.5. The van der Waals surface area contributed by atoms with Crippen molar-refractivity contribution in [3.8, 4) is 5.75 Å². The van der Waals surface area contributed by atoms with Gasteiger partial charge in [-0.1, -0.05) is 44.2 Å². The zero-order valence-corrected chi connectivity index (χ0v) is 15.2. The molecule has 0 bridgehead atoms. The summed E-state index contributed by atoms with van der Waals surface area (Å²) in [4.78, 5) is 12.5. The first-order valence-corrected chi connectivity index (χ1v) is 8.79. The molecule has 0 spiro atoms. The Morgan fingerprint density at radius 2 is 1.72 bits per heavy atom. The van der Waals surface area contributed by atoms with Crippen LogP contribution in [0.4, 0.5) is 5.69 Å². The highest BCUT2D eigenvalue weighted by atomic mass is 16.5. The molecule has 4 nitrogen and oxygen atoms in total. The SMILES string of the molecule is CCCOC(C)(CC)C(=O)Nc1ccc(OCc2ccccc2)cc1. The van der Waals surface area contributed by atoms with Crippen LogP contribution in [0.2, 0.25) is 0 Å². The van der Waals surface area contributed by atoms with Crippen molar-refractivity contribution in [2.24, 2.45) is 0 Å². The van der Waals surface area contributed by atoms with Crippen LogP contribution in [0.25, 0.3) is 0 Å². The Balaban J connectivity index is 1.92. The van der Waals surface area contributed by atoms with Crippen molar-refractivity contribution in [3.05, 3.63) is 60.2 Å². The number of benzene rings is 2. The van der Waals surface area contributed by atoms with E-state index >= 15 is 0 Å². The summed E-state index contributed by atoms with van der Waals surface area (Å²) in [5.41, 5.74) is 1.04. The molecule has 2 aromatic carbocycles. The standard InChI is InChI=1S/C21H27NO3/c1-4-15-25-21(3,5-2)20(23)22-18-11-13-19(14-12-18)24-16-17-9-7-6-8-10-17/h6-14H,4-5,15-16H2,1-3H3,(H,22,23). The number of nitrogens with one attached hydrogen (secondary N) is 1. The highest BCUT2D eigenvalue weighted by Gasteiger charge is 2.32. The van der Waals surface area contributed by atoms with Gasteiger partial charge in [-0.15, -0.1) is 0 Å². The molecule has 0 aliphatic heterocycles. The van der Waals surface area contributed by atoms with E-state index in [1.54, 1.807) is 0 Å². The summed E-state index contributed by atoms with van der Waals surface area (Å²) in [6.07, 6.45) is 1.51. The van der Waals surface area contributed by atoms with E-state index in [1.807, 2.05) is 75.4 Å². The lowest BCUT2D eigenvalue weighted by atomic mass is 10.0. The van der Waals surface area contributed by atoms with Crippen molar-refractivity contribution in [1.82, 2.24) is 0 Å². The van der Waals surface area contributed by atoms with Crippen LogP contribution < -0.4 is 10.1 Å². The van der Waals surface area contributed by atoms with Gasteiger partial charge in [0, 0.05) is 12.3 Å².